The van der Waals surface area contributed by atoms with Crippen LogP contribution in [-0.2, 0) is 4.79 Å². The van der Waals surface area contributed by atoms with Crippen LogP contribution in [0.5, 0.6) is 0 Å². The smallest absolute Gasteiger partial charge is 0.270 e. The molecule has 0 radical (unpaired) electrons. The zero-order valence-corrected chi connectivity index (χ0v) is 10.8. The van der Waals surface area contributed by atoms with Gasteiger partial charge in [-0.05, 0) is 24.6 Å². The van der Waals surface area contributed by atoms with Crippen LogP contribution in [0, 0.1) is 10.1 Å². The van der Waals surface area contributed by atoms with Gasteiger partial charge in [-0.1, -0.05) is 12.1 Å². The third kappa shape index (κ3) is 4.89. The average Bonchev–Trinajstić information content (AvgIpc) is 2.42. The predicted molar refractivity (Wildman–Crippen MR) is 73.4 cm³/mol. The topological polar surface area (TPSA) is 89.5 Å². The number of nitrogens with two attached hydrogens (primary N) is 1. The molecule has 6 nitrogen and oxygen atoms in total. The molecule has 0 spiro atoms. The number of nitro groups is 1. The zero-order valence-electron chi connectivity index (χ0n) is 10.8. The number of carbonyl (C=O) groups excluding carboxylic acids is 1. The highest BCUT2D eigenvalue weighted by Crippen LogP contribution is 2.14. The Morgan fingerprint density at radius 2 is 2.26 bits per heavy atom. The van der Waals surface area contributed by atoms with E-state index in [9.17, 15) is 14.9 Å². The molecule has 1 amide bonds. The largest absolute Gasteiger partial charge is 0.342 e. The number of hydrogen-bond acceptors (Lipinski definition) is 4. The molecule has 19 heavy (non-hydrogen) atoms. The lowest BCUT2D eigenvalue weighted by Gasteiger charge is -2.13. The maximum Gasteiger partial charge on any atom is 0.270 e. The molecular formula is C13H17N3O3. The minimum atomic E-state index is -0.466. The lowest BCUT2D eigenvalue weighted by Crippen LogP contribution is -2.27. The van der Waals surface area contributed by atoms with Crippen molar-refractivity contribution in [1.29, 1.82) is 0 Å². The maximum absolute atomic E-state index is 11.7. The maximum atomic E-state index is 11.7. The Bertz CT molecular complexity index is 486. The normalized spacial score (nSPS) is 10.6. The first kappa shape index (κ1) is 14.8. The van der Waals surface area contributed by atoms with E-state index in [1.165, 1.54) is 18.2 Å². The summed E-state index contributed by atoms with van der Waals surface area (Å²) in [6, 6.07) is 6.12. The summed E-state index contributed by atoms with van der Waals surface area (Å²) in [7, 11) is 1.69. The van der Waals surface area contributed by atoms with Crippen molar-refractivity contribution in [3.8, 4) is 0 Å². The molecule has 6 heteroatoms. The fourth-order valence-electron chi connectivity index (χ4n) is 1.48. The van der Waals surface area contributed by atoms with Crippen LogP contribution in [-0.4, -0.2) is 35.9 Å². The number of non-ortho nitro benzene ring substituents is 1. The number of hydrogen-bond donors (Lipinski definition) is 1. The third-order valence-corrected chi connectivity index (χ3v) is 2.57. The number of amides is 1. The van der Waals surface area contributed by atoms with Crippen molar-refractivity contribution in [3.63, 3.8) is 0 Å². The predicted octanol–water partition coefficient (Wildman–Crippen LogP) is 1.42. The molecular weight excluding hydrogens is 246 g/mol. The van der Waals surface area contributed by atoms with Gasteiger partial charge in [-0.15, -0.1) is 0 Å². The molecule has 0 saturated carbocycles. The zero-order chi connectivity index (χ0) is 14.3. The average molecular weight is 263 g/mol. The van der Waals surface area contributed by atoms with Crippen LogP contribution in [0.15, 0.2) is 30.3 Å². The number of rotatable bonds is 6. The van der Waals surface area contributed by atoms with Crippen LogP contribution in [0.25, 0.3) is 6.08 Å². The molecule has 0 bridgehead atoms. The highest BCUT2D eigenvalue weighted by molar-refractivity contribution is 5.91. The second kappa shape index (κ2) is 7.27. The second-order valence-electron chi connectivity index (χ2n) is 4.09. The van der Waals surface area contributed by atoms with Gasteiger partial charge < -0.3 is 10.6 Å². The van der Waals surface area contributed by atoms with Crippen LogP contribution < -0.4 is 5.73 Å². The molecule has 102 valence electrons. The van der Waals surface area contributed by atoms with Crippen molar-refractivity contribution in [2.24, 2.45) is 5.73 Å². The fraction of sp³-hybridized carbons (Fsp3) is 0.308. The molecule has 1 aromatic carbocycles. The lowest BCUT2D eigenvalue weighted by atomic mass is 10.2. The molecule has 0 aliphatic rings. The molecule has 1 rings (SSSR count). The van der Waals surface area contributed by atoms with Gasteiger partial charge in [0.1, 0.15) is 0 Å². The summed E-state index contributed by atoms with van der Waals surface area (Å²) in [5.74, 6) is -0.153. The van der Waals surface area contributed by atoms with Gasteiger partial charge in [0.05, 0.1) is 4.92 Å². The monoisotopic (exact) mass is 263 g/mol. The van der Waals surface area contributed by atoms with Crippen molar-refractivity contribution in [2.45, 2.75) is 6.42 Å². The Hall–Kier alpha value is -2.21. The first-order chi connectivity index (χ1) is 9.04. The molecule has 0 aliphatic heterocycles. The number of nitrogens with zero attached hydrogens (tertiary/aromatic N) is 2. The Kier molecular flexibility index (Phi) is 5.69. The van der Waals surface area contributed by atoms with Crippen molar-refractivity contribution < 1.29 is 9.72 Å². The minimum absolute atomic E-state index is 0.00563. The van der Waals surface area contributed by atoms with E-state index in [1.807, 2.05) is 0 Å². The van der Waals surface area contributed by atoms with Crippen LogP contribution >= 0.6 is 0 Å². The summed E-state index contributed by atoms with van der Waals surface area (Å²) in [4.78, 5) is 23.4. The Labute approximate surface area is 111 Å². The van der Waals surface area contributed by atoms with Crippen LogP contribution in [0.4, 0.5) is 5.69 Å². The van der Waals surface area contributed by atoms with Gasteiger partial charge in [-0.25, -0.2) is 0 Å². The molecule has 0 aromatic heterocycles. The summed E-state index contributed by atoms with van der Waals surface area (Å²) in [5, 5.41) is 10.6. The summed E-state index contributed by atoms with van der Waals surface area (Å²) in [6.45, 7) is 1.13. The van der Waals surface area contributed by atoms with Crippen molar-refractivity contribution in [3.05, 3.63) is 46.0 Å². The van der Waals surface area contributed by atoms with Gasteiger partial charge >= 0.3 is 0 Å². The number of likely N-dealkylation sites (N-methyl/N-ethyl adjacent to an activating group) is 1. The van der Waals surface area contributed by atoms with Gasteiger partial charge in [0, 0.05) is 31.8 Å². The summed E-state index contributed by atoms with van der Waals surface area (Å²) < 4.78 is 0. The quantitative estimate of drug-likeness (QED) is 0.477. The van der Waals surface area contributed by atoms with E-state index in [4.69, 9.17) is 5.73 Å². The molecule has 0 heterocycles. The lowest BCUT2D eigenvalue weighted by molar-refractivity contribution is -0.384. The third-order valence-electron chi connectivity index (χ3n) is 2.57. The van der Waals surface area contributed by atoms with E-state index in [2.05, 4.69) is 0 Å². The van der Waals surface area contributed by atoms with Crippen molar-refractivity contribution in [1.82, 2.24) is 4.90 Å². The molecule has 2 N–H and O–H groups in total. The number of nitro benzene ring substituents is 1. The van der Waals surface area contributed by atoms with E-state index < -0.39 is 4.92 Å². The highest BCUT2D eigenvalue weighted by Gasteiger charge is 2.06. The molecule has 0 fully saturated rings. The van der Waals surface area contributed by atoms with E-state index in [-0.39, 0.29) is 11.6 Å². The van der Waals surface area contributed by atoms with Crippen LogP contribution in [0.1, 0.15) is 12.0 Å². The Morgan fingerprint density at radius 1 is 1.53 bits per heavy atom. The highest BCUT2D eigenvalue weighted by atomic mass is 16.6. The SMILES string of the molecule is CN(CCCN)C(=O)/C=C/c1cccc([N+](=O)[O-])c1. The first-order valence-electron chi connectivity index (χ1n) is 5.92. The first-order valence-corrected chi connectivity index (χ1v) is 5.92. The standard InChI is InChI=1S/C13H17N3O3/c1-15(9-3-8-14)13(17)7-6-11-4-2-5-12(10-11)16(18)19/h2,4-7,10H,3,8-9,14H2,1H3/b7-6+. The van der Waals surface area contributed by atoms with E-state index >= 15 is 0 Å². The van der Waals surface area contributed by atoms with Gasteiger partial charge in [0.25, 0.3) is 5.69 Å². The second-order valence-corrected chi connectivity index (χ2v) is 4.09. The number of carbonyl (C=O) groups is 1. The molecule has 0 atom stereocenters. The van der Waals surface area contributed by atoms with Gasteiger partial charge in [-0.2, -0.15) is 0 Å². The molecule has 0 unspecified atom stereocenters. The molecule has 0 aliphatic carbocycles. The summed E-state index contributed by atoms with van der Waals surface area (Å²) >= 11 is 0. The van der Waals surface area contributed by atoms with Gasteiger partial charge in [0.2, 0.25) is 5.91 Å². The van der Waals surface area contributed by atoms with E-state index in [1.54, 1.807) is 30.2 Å². The van der Waals surface area contributed by atoms with E-state index in [0.717, 1.165) is 6.42 Å². The van der Waals surface area contributed by atoms with Crippen LogP contribution in [0.3, 0.4) is 0 Å². The number of benzene rings is 1. The molecule has 0 saturated heterocycles. The Morgan fingerprint density at radius 3 is 2.89 bits per heavy atom. The Balaban J connectivity index is 2.68. The molecule has 1 aromatic rings. The van der Waals surface area contributed by atoms with E-state index in [0.29, 0.717) is 18.7 Å². The van der Waals surface area contributed by atoms with Crippen molar-refractivity contribution in [2.75, 3.05) is 20.1 Å². The summed E-state index contributed by atoms with van der Waals surface area (Å²) in [6.07, 6.45) is 3.71. The summed E-state index contributed by atoms with van der Waals surface area (Å²) in [5.41, 5.74) is 5.99. The minimum Gasteiger partial charge on any atom is -0.342 e. The van der Waals surface area contributed by atoms with Crippen LogP contribution in [0.2, 0.25) is 0 Å². The van der Waals surface area contributed by atoms with Crippen molar-refractivity contribution >= 4 is 17.7 Å². The fourth-order valence-corrected chi connectivity index (χ4v) is 1.48. The van der Waals surface area contributed by atoms with Gasteiger partial charge in [-0.3, -0.25) is 14.9 Å². The van der Waals surface area contributed by atoms with Gasteiger partial charge in [0.15, 0.2) is 0 Å².